The van der Waals surface area contributed by atoms with Crippen molar-refractivity contribution in [3.8, 4) is 5.75 Å². The standard InChI is InChI=1S/C15H19NO4/c1-2-3-4-14(18)16-12(10-15(19)20)9-11-5-7-13(17)8-6-11/h2,5-8,12,17H,1,3-4,9-10H2,(H,16,18)(H,19,20)/t12-/m0/s1. The third-order valence-corrected chi connectivity index (χ3v) is 2.78. The molecule has 0 spiro atoms. The Labute approximate surface area is 117 Å². The predicted molar refractivity (Wildman–Crippen MR) is 75.4 cm³/mol. The van der Waals surface area contributed by atoms with Crippen LogP contribution in [0.4, 0.5) is 0 Å². The molecule has 0 radical (unpaired) electrons. The molecule has 5 heteroatoms. The second kappa shape index (κ2) is 7.99. The Bertz CT molecular complexity index is 467. The highest BCUT2D eigenvalue weighted by Gasteiger charge is 2.16. The van der Waals surface area contributed by atoms with E-state index in [1.165, 1.54) is 12.1 Å². The van der Waals surface area contributed by atoms with Crippen LogP contribution in [0.5, 0.6) is 5.75 Å². The van der Waals surface area contributed by atoms with Crippen molar-refractivity contribution in [2.45, 2.75) is 31.7 Å². The van der Waals surface area contributed by atoms with E-state index in [4.69, 9.17) is 5.11 Å². The molecule has 0 unspecified atom stereocenters. The molecular weight excluding hydrogens is 258 g/mol. The van der Waals surface area contributed by atoms with Crippen LogP contribution in [0.2, 0.25) is 0 Å². The van der Waals surface area contributed by atoms with E-state index in [0.717, 1.165) is 5.56 Å². The number of aromatic hydroxyl groups is 1. The van der Waals surface area contributed by atoms with E-state index >= 15 is 0 Å². The molecule has 20 heavy (non-hydrogen) atoms. The maximum Gasteiger partial charge on any atom is 0.305 e. The number of phenols is 1. The lowest BCUT2D eigenvalue weighted by atomic mass is 10.0. The molecule has 3 N–H and O–H groups in total. The number of allylic oxidation sites excluding steroid dienone is 1. The largest absolute Gasteiger partial charge is 0.508 e. The number of amides is 1. The molecule has 0 aliphatic rings. The molecule has 1 rings (SSSR count). The molecule has 0 aromatic heterocycles. The molecule has 0 bridgehead atoms. The molecule has 108 valence electrons. The van der Waals surface area contributed by atoms with Crippen LogP contribution in [0.15, 0.2) is 36.9 Å². The highest BCUT2D eigenvalue weighted by molar-refractivity contribution is 5.77. The zero-order valence-electron chi connectivity index (χ0n) is 11.2. The number of phenolic OH excluding ortho intramolecular Hbond substituents is 1. The quantitative estimate of drug-likeness (QED) is 0.633. The summed E-state index contributed by atoms with van der Waals surface area (Å²) in [4.78, 5) is 22.5. The van der Waals surface area contributed by atoms with Crippen LogP contribution in [0.25, 0.3) is 0 Å². The fourth-order valence-electron chi connectivity index (χ4n) is 1.83. The molecule has 1 atom stereocenters. The smallest absolute Gasteiger partial charge is 0.305 e. The summed E-state index contributed by atoms with van der Waals surface area (Å²) in [5.74, 6) is -0.994. The van der Waals surface area contributed by atoms with Crippen molar-refractivity contribution in [1.82, 2.24) is 5.32 Å². The number of aliphatic carboxylic acids is 1. The first-order valence-electron chi connectivity index (χ1n) is 6.41. The summed E-state index contributed by atoms with van der Waals surface area (Å²) in [5.41, 5.74) is 0.859. The van der Waals surface area contributed by atoms with E-state index in [1.807, 2.05) is 0 Å². The first kappa shape index (κ1) is 15.8. The summed E-state index contributed by atoms with van der Waals surface area (Å²) in [6.45, 7) is 3.54. The molecule has 1 aromatic rings. The number of nitrogens with one attached hydrogen (secondary N) is 1. The van der Waals surface area contributed by atoms with Gasteiger partial charge in [0.05, 0.1) is 6.42 Å². The fraction of sp³-hybridized carbons (Fsp3) is 0.333. The van der Waals surface area contributed by atoms with Gasteiger partial charge in [0.25, 0.3) is 0 Å². The SMILES string of the molecule is C=CCCC(=O)N[C@H](CC(=O)O)Cc1ccc(O)cc1. The van der Waals surface area contributed by atoms with Gasteiger partial charge >= 0.3 is 5.97 Å². The fourth-order valence-corrected chi connectivity index (χ4v) is 1.83. The summed E-state index contributed by atoms with van der Waals surface area (Å²) in [7, 11) is 0. The van der Waals surface area contributed by atoms with E-state index in [9.17, 15) is 14.7 Å². The number of benzene rings is 1. The Balaban J connectivity index is 2.63. The van der Waals surface area contributed by atoms with Crippen LogP contribution in [0.3, 0.4) is 0 Å². The third kappa shape index (κ3) is 6.04. The van der Waals surface area contributed by atoms with Crippen LogP contribution in [0.1, 0.15) is 24.8 Å². The van der Waals surface area contributed by atoms with Gasteiger partial charge in [-0.25, -0.2) is 0 Å². The summed E-state index contributed by atoms with van der Waals surface area (Å²) in [5, 5.41) is 20.8. The minimum atomic E-state index is -0.960. The Morgan fingerprint density at radius 2 is 1.95 bits per heavy atom. The molecule has 0 saturated heterocycles. The van der Waals surface area contributed by atoms with Crippen molar-refractivity contribution in [1.29, 1.82) is 0 Å². The molecule has 0 aliphatic carbocycles. The van der Waals surface area contributed by atoms with E-state index < -0.39 is 12.0 Å². The van der Waals surface area contributed by atoms with Crippen molar-refractivity contribution in [2.75, 3.05) is 0 Å². The van der Waals surface area contributed by atoms with Gasteiger partial charge in [0, 0.05) is 12.5 Å². The normalized spacial score (nSPS) is 11.6. The van der Waals surface area contributed by atoms with Gasteiger partial charge in [-0.15, -0.1) is 6.58 Å². The van der Waals surface area contributed by atoms with Gasteiger partial charge < -0.3 is 15.5 Å². The van der Waals surface area contributed by atoms with Crippen molar-refractivity contribution in [3.63, 3.8) is 0 Å². The van der Waals surface area contributed by atoms with Crippen molar-refractivity contribution in [3.05, 3.63) is 42.5 Å². The van der Waals surface area contributed by atoms with Gasteiger partial charge in [-0.3, -0.25) is 9.59 Å². The summed E-state index contributed by atoms with van der Waals surface area (Å²) in [6.07, 6.45) is 2.78. The van der Waals surface area contributed by atoms with Crippen LogP contribution >= 0.6 is 0 Å². The van der Waals surface area contributed by atoms with E-state index in [0.29, 0.717) is 19.3 Å². The second-order valence-electron chi connectivity index (χ2n) is 4.56. The minimum Gasteiger partial charge on any atom is -0.508 e. The number of carboxylic acid groups (broad SMARTS) is 1. The van der Waals surface area contributed by atoms with E-state index in [2.05, 4.69) is 11.9 Å². The van der Waals surface area contributed by atoms with Crippen LogP contribution in [-0.4, -0.2) is 28.1 Å². The number of carbonyl (C=O) groups excluding carboxylic acids is 1. The van der Waals surface area contributed by atoms with Gasteiger partial charge in [-0.1, -0.05) is 18.2 Å². The Kier molecular flexibility index (Phi) is 6.29. The van der Waals surface area contributed by atoms with Gasteiger partial charge in [0.15, 0.2) is 0 Å². The number of carbonyl (C=O) groups is 2. The second-order valence-corrected chi connectivity index (χ2v) is 4.56. The minimum absolute atomic E-state index is 0.138. The average Bonchev–Trinajstić information content (AvgIpc) is 2.38. The average molecular weight is 277 g/mol. The number of carboxylic acids is 1. The van der Waals surface area contributed by atoms with Crippen molar-refractivity contribution in [2.24, 2.45) is 0 Å². The van der Waals surface area contributed by atoms with Crippen molar-refractivity contribution >= 4 is 11.9 Å². The van der Waals surface area contributed by atoms with Gasteiger partial charge in [-0.2, -0.15) is 0 Å². The van der Waals surface area contributed by atoms with Crippen LogP contribution in [-0.2, 0) is 16.0 Å². The van der Waals surface area contributed by atoms with Crippen LogP contribution in [0, 0.1) is 0 Å². The maximum absolute atomic E-state index is 11.6. The Morgan fingerprint density at radius 3 is 2.50 bits per heavy atom. The third-order valence-electron chi connectivity index (χ3n) is 2.78. The lowest BCUT2D eigenvalue weighted by molar-refractivity contribution is -0.137. The van der Waals surface area contributed by atoms with E-state index in [-0.39, 0.29) is 18.1 Å². The van der Waals surface area contributed by atoms with Gasteiger partial charge in [0.2, 0.25) is 5.91 Å². The topological polar surface area (TPSA) is 86.6 Å². The highest BCUT2D eigenvalue weighted by atomic mass is 16.4. The molecule has 0 aliphatic heterocycles. The summed E-state index contributed by atoms with van der Waals surface area (Å²) < 4.78 is 0. The van der Waals surface area contributed by atoms with E-state index in [1.54, 1.807) is 18.2 Å². The van der Waals surface area contributed by atoms with Gasteiger partial charge in [0.1, 0.15) is 5.75 Å². The first-order valence-corrected chi connectivity index (χ1v) is 6.41. The predicted octanol–water partition coefficient (Wildman–Crippen LogP) is 1.86. The first-order chi connectivity index (χ1) is 9.51. The summed E-state index contributed by atoms with van der Waals surface area (Å²) in [6, 6.07) is 6.02. The molecule has 0 heterocycles. The molecule has 1 amide bonds. The molecule has 5 nitrogen and oxygen atoms in total. The molecule has 0 saturated carbocycles. The number of hydrogen-bond acceptors (Lipinski definition) is 3. The number of hydrogen-bond donors (Lipinski definition) is 3. The van der Waals surface area contributed by atoms with Crippen molar-refractivity contribution < 1.29 is 19.8 Å². The lowest BCUT2D eigenvalue weighted by Gasteiger charge is -2.17. The van der Waals surface area contributed by atoms with Gasteiger partial charge in [-0.05, 0) is 30.5 Å². The Hall–Kier alpha value is -2.30. The zero-order chi connectivity index (χ0) is 15.0. The zero-order valence-corrected chi connectivity index (χ0v) is 11.2. The summed E-state index contributed by atoms with van der Waals surface area (Å²) >= 11 is 0. The number of rotatable bonds is 8. The maximum atomic E-state index is 11.6. The lowest BCUT2D eigenvalue weighted by Crippen LogP contribution is -2.37. The Morgan fingerprint density at radius 1 is 1.30 bits per heavy atom. The molecule has 0 fully saturated rings. The monoisotopic (exact) mass is 277 g/mol. The molecular formula is C15H19NO4. The molecule has 1 aromatic carbocycles. The van der Waals surface area contributed by atoms with Crippen LogP contribution < -0.4 is 5.32 Å². The highest BCUT2D eigenvalue weighted by Crippen LogP contribution is 2.12.